The van der Waals surface area contributed by atoms with Gasteiger partial charge >= 0.3 is 0 Å². The molecule has 0 bridgehead atoms. The normalized spacial score (nSPS) is 11.1. The Kier molecular flexibility index (Phi) is 3.22. The lowest BCUT2D eigenvalue weighted by Crippen LogP contribution is -2.19. The SMILES string of the molecule is CNCC(=O)c1c(C)n(C)c2ccc(Cl)cc12. The number of ketones is 1. The van der Waals surface area contributed by atoms with Crippen molar-refractivity contribution in [2.75, 3.05) is 13.6 Å². The van der Waals surface area contributed by atoms with Gasteiger partial charge in [-0.3, -0.25) is 4.79 Å². The summed E-state index contributed by atoms with van der Waals surface area (Å²) < 4.78 is 2.02. The highest BCUT2D eigenvalue weighted by molar-refractivity contribution is 6.31. The van der Waals surface area contributed by atoms with Crippen LogP contribution in [0.4, 0.5) is 0 Å². The van der Waals surface area contributed by atoms with Crippen LogP contribution in [0.5, 0.6) is 0 Å². The molecule has 90 valence electrons. The van der Waals surface area contributed by atoms with Crippen LogP contribution in [0.25, 0.3) is 10.9 Å². The van der Waals surface area contributed by atoms with Crippen LogP contribution in [0.1, 0.15) is 16.1 Å². The topological polar surface area (TPSA) is 34.0 Å². The number of aromatic nitrogens is 1. The average molecular weight is 251 g/mol. The smallest absolute Gasteiger partial charge is 0.179 e. The Labute approximate surface area is 105 Å². The van der Waals surface area contributed by atoms with Crippen LogP contribution in [0.15, 0.2) is 18.2 Å². The second-order valence-electron chi connectivity index (χ2n) is 4.13. The number of hydrogen-bond acceptors (Lipinski definition) is 2. The quantitative estimate of drug-likeness (QED) is 0.850. The molecule has 1 N–H and O–H groups in total. The largest absolute Gasteiger partial charge is 0.347 e. The first-order valence-electron chi connectivity index (χ1n) is 5.48. The van der Waals surface area contributed by atoms with Crippen LogP contribution in [0.3, 0.4) is 0 Å². The molecule has 0 aliphatic carbocycles. The third-order valence-corrected chi connectivity index (χ3v) is 3.31. The summed E-state index contributed by atoms with van der Waals surface area (Å²) in [6.45, 7) is 2.29. The van der Waals surface area contributed by atoms with Crippen LogP contribution in [0, 0.1) is 6.92 Å². The highest BCUT2D eigenvalue weighted by Crippen LogP contribution is 2.27. The predicted molar refractivity (Wildman–Crippen MR) is 70.9 cm³/mol. The number of fused-ring (bicyclic) bond motifs is 1. The number of aryl methyl sites for hydroxylation is 1. The lowest BCUT2D eigenvalue weighted by molar-refractivity contribution is 0.0994. The lowest BCUT2D eigenvalue weighted by atomic mass is 10.1. The molecule has 0 radical (unpaired) electrons. The van der Waals surface area contributed by atoms with Crippen LogP contribution in [0.2, 0.25) is 5.02 Å². The fourth-order valence-electron chi connectivity index (χ4n) is 2.15. The summed E-state index contributed by atoms with van der Waals surface area (Å²) in [5.74, 6) is 0.0952. The number of carbonyl (C=O) groups is 1. The fraction of sp³-hybridized carbons (Fsp3) is 0.308. The number of benzene rings is 1. The molecule has 2 aromatic rings. The fourth-order valence-corrected chi connectivity index (χ4v) is 2.32. The molecule has 0 amide bonds. The molecule has 17 heavy (non-hydrogen) atoms. The van der Waals surface area contributed by atoms with Gasteiger partial charge in [0.2, 0.25) is 0 Å². The zero-order valence-electron chi connectivity index (χ0n) is 10.2. The molecule has 0 unspecified atom stereocenters. The van der Waals surface area contributed by atoms with Gasteiger partial charge < -0.3 is 9.88 Å². The van der Waals surface area contributed by atoms with E-state index in [2.05, 4.69) is 5.32 Å². The summed E-state index contributed by atoms with van der Waals surface area (Å²) in [6.07, 6.45) is 0. The van der Waals surface area contributed by atoms with E-state index in [0.717, 1.165) is 22.2 Å². The molecule has 0 aliphatic heterocycles. The molecule has 3 nitrogen and oxygen atoms in total. The molecule has 4 heteroatoms. The minimum absolute atomic E-state index is 0.0952. The van der Waals surface area contributed by atoms with Crippen molar-refractivity contribution in [1.29, 1.82) is 0 Å². The third-order valence-electron chi connectivity index (χ3n) is 3.07. The number of likely N-dealkylation sites (N-methyl/N-ethyl adjacent to an activating group) is 1. The van der Waals surface area contributed by atoms with Crippen molar-refractivity contribution >= 4 is 28.3 Å². The summed E-state index contributed by atoms with van der Waals surface area (Å²) in [5.41, 5.74) is 2.77. The van der Waals surface area contributed by atoms with Gasteiger partial charge in [-0.15, -0.1) is 0 Å². The first-order chi connectivity index (χ1) is 8.06. The van der Waals surface area contributed by atoms with Crippen molar-refractivity contribution in [2.24, 2.45) is 7.05 Å². The molecule has 0 spiro atoms. The first kappa shape index (κ1) is 12.1. The Morgan fingerprint density at radius 3 is 2.82 bits per heavy atom. The Hall–Kier alpha value is -1.32. The summed E-state index contributed by atoms with van der Waals surface area (Å²) in [4.78, 5) is 12.1. The highest BCUT2D eigenvalue weighted by atomic mass is 35.5. The van der Waals surface area contributed by atoms with Crippen LogP contribution in [-0.4, -0.2) is 23.9 Å². The van der Waals surface area contributed by atoms with E-state index in [-0.39, 0.29) is 5.78 Å². The number of carbonyl (C=O) groups excluding carboxylic acids is 1. The summed E-state index contributed by atoms with van der Waals surface area (Å²) >= 11 is 6.00. The molecule has 0 saturated carbocycles. The molecular formula is C13H15ClN2O. The molecule has 0 saturated heterocycles. The van der Waals surface area contributed by atoms with Gasteiger partial charge in [0.1, 0.15) is 0 Å². The van der Waals surface area contributed by atoms with Crippen molar-refractivity contribution in [1.82, 2.24) is 9.88 Å². The van der Waals surface area contributed by atoms with Gasteiger partial charge in [-0.05, 0) is 32.2 Å². The molecule has 1 aromatic carbocycles. The van der Waals surface area contributed by atoms with Crippen molar-refractivity contribution in [3.8, 4) is 0 Å². The van der Waals surface area contributed by atoms with Gasteiger partial charge in [-0.25, -0.2) is 0 Å². The maximum absolute atomic E-state index is 12.1. The predicted octanol–water partition coefficient (Wildman–Crippen LogP) is 2.54. The Bertz CT molecular complexity index is 587. The monoisotopic (exact) mass is 250 g/mol. The van der Waals surface area contributed by atoms with E-state index in [9.17, 15) is 4.79 Å². The number of halogens is 1. The van der Waals surface area contributed by atoms with E-state index in [4.69, 9.17) is 11.6 Å². The van der Waals surface area contributed by atoms with Gasteiger partial charge in [0.05, 0.1) is 6.54 Å². The van der Waals surface area contributed by atoms with E-state index >= 15 is 0 Å². The van der Waals surface area contributed by atoms with E-state index < -0.39 is 0 Å². The molecule has 0 atom stereocenters. The summed E-state index contributed by atoms with van der Waals surface area (Å²) in [6, 6.07) is 5.64. The van der Waals surface area contributed by atoms with Crippen molar-refractivity contribution in [3.05, 3.63) is 34.5 Å². The van der Waals surface area contributed by atoms with Crippen molar-refractivity contribution < 1.29 is 4.79 Å². The van der Waals surface area contributed by atoms with E-state index in [1.807, 2.05) is 36.7 Å². The van der Waals surface area contributed by atoms with Gasteiger partial charge in [-0.2, -0.15) is 0 Å². The van der Waals surface area contributed by atoms with Gasteiger partial charge in [0.25, 0.3) is 0 Å². The number of nitrogens with one attached hydrogen (secondary N) is 1. The van der Waals surface area contributed by atoms with Gasteiger partial charge in [-0.1, -0.05) is 11.6 Å². The number of rotatable bonds is 3. The van der Waals surface area contributed by atoms with Crippen LogP contribution >= 0.6 is 11.6 Å². The minimum atomic E-state index is 0.0952. The Morgan fingerprint density at radius 2 is 2.18 bits per heavy atom. The maximum atomic E-state index is 12.1. The standard InChI is InChI=1S/C13H15ClN2O/c1-8-13(12(17)7-15-2)10-6-9(14)4-5-11(10)16(8)3/h4-6,15H,7H2,1-3H3. The molecule has 1 heterocycles. The number of nitrogens with zero attached hydrogens (tertiary/aromatic N) is 1. The zero-order chi connectivity index (χ0) is 12.6. The van der Waals surface area contributed by atoms with E-state index in [1.165, 1.54) is 0 Å². The molecule has 0 fully saturated rings. The number of hydrogen-bond donors (Lipinski definition) is 1. The van der Waals surface area contributed by atoms with Gasteiger partial charge in [0, 0.05) is 34.2 Å². The second-order valence-corrected chi connectivity index (χ2v) is 4.57. The number of Topliss-reactive ketones (excluding diaryl/α,β-unsaturated/α-hetero) is 1. The minimum Gasteiger partial charge on any atom is -0.347 e. The summed E-state index contributed by atoms with van der Waals surface area (Å²) in [5, 5.41) is 4.47. The lowest BCUT2D eigenvalue weighted by Gasteiger charge is -2.01. The maximum Gasteiger partial charge on any atom is 0.179 e. The Morgan fingerprint density at radius 1 is 1.47 bits per heavy atom. The van der Waals surface area contributed by atoms with E-state index in [1.54, 1.807) is 7.05 Å². The molecule has 2 rings (SSSR count). The molecule has 1 aromatic heterocycles. The highest BCUT2D eigenvalue weighted by Gasteiger charge is 2.17. The van der Waals surface area contributed by atoms with Crippen LogP contribution < -0.4 is 5.32 Å². The van der Waals surface area contributed by atoms with E-state index in [0.29, 0.717) is 11.6 Å². The first-order valence-corrected chi connectivity index (χ1v) is 5.86. The van der Waals surface area contributed by atoms with Crippen molar-refractivity contribution in [2.45, 2.75) is 6.92 Å². The van der Waals surface area contributed by atoms with Crippen molar-refractivity contribution in [3.63, 3.8) is 0 Å². The Balaban J connectivity index is 2.72. The van der Waals surface area contributed by atoms with Crippen LogP contribution in [-0.2, 0) is 7.05 Å². The summed E-state index contributed by atoms with van der Waals surface area (Å²) in [7, 11) is 3.73. The third kappa shape index (κ3) is 1.96. The average Bonchev–Trinajstić information content (AvgIpc) is 2.51. The molecular weight excluding hydrogens is 236 g/mol. The second kappa shape index (κ2) is 4.51. The zero-order valence-corrected chi connectivity index (χ0v) is 10.9. The molecule has 0 aliphatic rings. The van der Waals surface area contributed by atoms with Gasteiger partial charge in [0.15, 0.2) is 5.78 Å².